The van der Waals surface area contributed by atoms with Crippen molar-refractivity contribution < 1.29 is 0 Å². The van der Waals surface area contributed by atoms with Crippen LogP contribution in [0, 0.1) is 13.8 Å². The van der Waals surface area contributed by atoms with E-state index in [1.807, 2.05) is 0 Å². The first-order valence-corrected chi connectivity index (χ1v) is 9.66. The summed E-state index contributed by atoms with van der Waals surface area (Å²) >= 11 is 0. The van der Waals surface area contributed by atoms with Crippen LogP contribution in [0.5, 0.6) is 0 Å². The summed E-state index contributed by atoms with van der Waals surface area (Å²) in [5.74, 6) is 0. The summed E-state index contributed by atoms with van der Waals surface area (Å²) < 4.78 is 0. The SMILES string of the molecule is CCCCCCCCC/C(=C1/N=C(C)C=C1C)c1[nH]c(C)cc1C. The molecule has 1 aliphatic rings. The number of unbranched alkanes of at least 4 members (excludes halogenated alkanes) is 6. The summed E-state index contributed by atoms with van der Waals surface area (Å²) in [6, 6.07) is 2.24. The van der Waals surface area contributed by atoms with Crippen LogP contribution in [0.1, 0.15) is 89.1 Å². The molecule has 2 heteroatoms. The van der Waals surface area contributed by atoms with Crippen LogP contribution in [0.2, 0.25) is 0 Å². The van der Waals surface area contributed by atoms with Gasteiger partial charge in [-0.05, 0) is 63.8 Å². The average Bonchev–Trinajstić information content (AvgIpc) is 3.03. The highest BCUT2D eigenvalue weighted by Gasteiger charge is 2.17. The van der Waals surface area contributed by atoms with Crippen molar-refractivity contribution in [2.24, 2.45) is 4.99 Å². The van der Waals surface area contributed by atoms with Gasteiger partial charge in [-0.1, -0.05) is 45.4 Å². The maximum Gasteiger partial charge on any atom is 0.0715 e. The number of allylic oxidation sites excluding steroid dienone is 3. The summed E-state index contributed by atoms with van der Waals surface area (Å²) in [6.45, 7) is 10.9. The van der Waals surface area contributed by atoms with Gasteiger partial charge in [-0.3, -0.25) is 4.99 Å². The van der Waals surface area contributed by atoms with E-state index in [1.165, 1.54) is 78.7 Å². The van der Waals surface area contributed by atoms with Crippen LogP contribution in [0.15, 0.2) is 28.4 Å². The van der Waals surface area contributed by atoms with E-state index in [4.69, 9.17) is 4.99 Å². The second-order valence-corrected chi connectivity index (χ2v) is 7.29. The van der Waals surface area contributed by atoms with Crippen molar-refractivity contribution >= 4 is 11.3 Å². The number of nitrogens with zero attached hydrogens (tertiary/aromatic N) is 1. The van der Waals surface area contributed by atoms with Crippen molar-refractivity contribution in [3.63, 3.8) is 0 Å². The molecule has 0 aromatic carbocycles. The Bertz CT molecular complexity index is 641. The van der Waals surface area contributed by atoms with Gasteiger partial charge in [0.2, 0.25) is 0 Å². The number of hydrogen-bond donors (Lipinski definition) is 1. The average molecular weight is 327 g/mol. The van der Waals surface area contributed by atoms with Gasteiger partial charge in [-0.25, -0.2) is 0 Å². The molecule has 0 radical (unpaired) electrons. The van der Waals surface area contributed by atoms with Gasteiger partial charge in [0, 0.05) is 22.7 Å². The third-order valence-corrected chi connectivity index (χ3v) is 4.85. The molecule has 0 spiro atoms. The number of nitrogens with one attached hydrogen (secondary N) is 1. The Labute approximate surface area is 148 Å². The van der Waals surface area contributed by atoms with Gasteiger partial charge >= 0.3 is 0 Å². The Hall–Kier alpha value is -1.57. The van der Waals surface area contributed by atoms with E-state index in [-0.39, 0.29) is 0 Å². The molecule has 0 saturated heterocycles. The summed E-state index contributed by atoms with van der Waals surface area (Å²) in [7, 11) is 0. The molecule has 132 valence electrons. The van der Waals surface area contributed by atoms with Gasteiger partial charge in [0.05, 0.1) is 5.70 Å². The zero-order chi connectivity index (χ0) is 17.5. The van der Waals surface area contributed by atoms with Crippen molar-refractivity contribution in [2.75, 3.05) is 0 Å². The van der Waals surface area contributed by atoms with Crippen LogP contribution in [0.25, 0.3) is 5.57 Å². The largest absolute Gasteiger partial charge is 0.359 e. The molecular weight excluding hydrogens is 292 g/mol. The number of H-pyrrole nitrogens is 1. The summed E-state index contributed by atoms with van der Waals surface area (Å²) in [6.07, 6.45) is 12.7. The highest BCUT2D eigenvalue weighted by atomic mass is 14.8. The van der Waals surface area contributed by atoms with Crippen molar-refractivity contribution in [1.82, 2.24) is 4.98 Å². The fourth-order valence-corrected chi connectivity index (χ4v) is 3.65. The minimum Gasteiger partial charge on any atom is -0.359 e. The fraction of sp³-hybridized carbons (Fsp3) is 0.591. The summed E-state index contributed by atoms with van der Waals surface area (Å²) in [5.41, 5.74) is 8.89. The van der Waals surface area contributed by atoms with Gasteiger partial charge in [0.25, 0.3) is 0 Å². The third-order valence-electron chi connectivity index (χ3n) is 4.85. The van der Waals surface area contributed by atoms with Gasteiger partial charge in [0.15, 0.2) is 0 Å². The molecule has 0 amide bonds. The second-order valence-electron chi connectivity index (χ2n) is 7.29. The number of aryl methyl sites for hydroxylation is 2. The first-order valence-electron chi connectivity index (χ1n) is 9.66. The van der Waals surface area contributed by atoms with E-state index in [1.54, 1.807) is 0 Å². The molecule has 1 aliphatic heterocycles. The Morgan fingerprint density at radius 2 is 1.62 bits per heavy atom. The highest BCUT2D eigenvalue weighted by Crippen LogP contribution is 2.33. The molecule has 0 fully saturated rings. The molecule has 1 N–H and O–H groups in total. The van der Waals surface area contributed by atoms with Gasteiger partial charge in [-0.2, -0.15) is 0 Å². The molecule has 2 rings (SSSR count). The number of aromatic nitrogens is 1. The zero-order valence-corrected chi connectivity index (χ0v) is 16.3. The van der Waals surface area contributed by atoms with Crippen molar-refractivity contribution in [3.8, 4) is 0 Å². The van der Waals surface area contributed by atoms with Crippen molar-refractivity contribution in [3.05, 3.63) is 40.4 Å². The maximum absolute atomic E-state index is 4.82. The van der Waals surface area contributed by atoms with E-state index in [9.17, 15) is 0 Å². The number of aromatic amines is 1. The second kappa shape index (κ2) is 9.05. The van der Waals surface area contributed by atoms with Gasteiger partial charge < -0.3 is 4.98 Å². The van der Waals surface area contributed by atoms with E-state index >= 15 is 0 Å². The van der Waals surface area contributed by atoms with Gasteiger partial charge in [0.1, 0.15) is 0 Å². The monoisotopic (exact) mass is 326 g/mol. The van der Waals surface area contributed by atoms with E-state index in [0.717, 1.165) is 12.1 Å². The quantitative estimate of drug-likeness (QED) is 0.478. The minimum absolute atomic E-state index is 1.12. The summed E-state index contributed by atoms with van der Waals surface area (Å²) in [5, 5.41) is 0. The Morgan fingerprint density at radius 1 is 0.958 bits per heavy atom. The number of aliphatic imine (C=N–C) groups is 1. The molecule has 2 heterocycles. The summed E-state index contributed by atoms with van der Waals surface area (Å²) in [4.78, 5) is 8.39. The van der Waals surface area contributed by atoms with E-state index < -0.39 is 0 Å². The predicted octanol–water partition coefficient (Wildman–Crippen LogP) is 6.90. The molecule has 0 bridgehead atoms. The standard InChI is InChI=1S/C22H34N2/c1-6-7-8-9-10-11-12-13-20(21-16(2)14-18(4)23-21)22-17(3)15-19(5)24-22/h14-15,23H,6-13H2,1-5H3/b22-20-. The Balaban J connectivity index is 2.07. The number of hydrogen-bond acceptors (Lipinski definition) is 1. The Morgan fingerprint density at radius 3 is 2.17 bits per heavy atom. The maximum atomic E-state index is 4.82. The Kier molecular flexibility index (Phi) is 7.08. The third kappa shape index (κ3) is 4.96. The zero-order valence-electron chi connectivity index (χ0n) is 16.3. The van der Waals surface area contributed by atoms with Crippen LogP contribution >= 0.6 is 0 Å². The minimum atomic E-state index is 1.12. The molecule has 1 aromatic heterocycles. The smallest absolute Gasteiger partial charge is 0.0715 e. The lowest BCUT2D eigenvalue weighted by Gasteiger charge is -2.12. The first-order chi connectivity index (χ1) is 11.5. The lowest BCUT2D eigenvalue weighted by Crippen LogP contribution is -1.95. The normalized spacial score (nSPS) is 16.4. The van der Waals surface area contributed by atoms with Gasteiger partial charge in [-0.15, -0.1) is 0 Å². The molecular formula is C22H34N2. The molecule has 1 aromatic rings. The molecule has 24 heavy (non-hydrogen) atoms. The molecule has 0 unspecified atom stereocenters. The number of rotatable bonds is 9. The molecule has 2 nitrogen and oxygen atoms in total. The molecule has 0 saturated carbocycles. The topological polar surface area (TPSA) is 28.1 Å². The van der Waals surface area contributed by atoms with Crippen LogP contribution in [-0.2, 0) is 0 Å². The van der Waals surface area contributed by atoms with Crippen LogP contribution in [0.4, 0.5) is 0 Å². The van der Waals surface area contributed by atoms with Crippen LogP contribution < -0.4 is 0 Å². The first kappa shape index (κ1) is 18.8. The predicted molar refractivity (Wildman–Crippen MR) is 107 cm³/mol. The van der Waals surface area contributed by atoms with Crippen LogP contribution in [-0.4, -0.2) is 10.7 Å². The molecule has 0 atom stereocenters. The van der Waals surface area contributed by atoms with Crippen molar-refractivity contribution in [2.45, 2.75) is 86.0 Å². The van der Waals surface area contributed by atoms with E-state index in [2.05, 4.69) is 51.7 Å². The van der Waals surface area contributed by atoms with E-state index in [0.29, 0.717) is 0 Å². The fourth-order valence-electron chi connectivity index (χ4n) is 3.65. The lowest BCUT2D eigenvalue weighted by molar-refractivity contribution is 0.593. The highest BCUT2D eigenvalue weighted by molar-refractivity contribution is 5.99. The van der Waals surface area contributed by atoms with Crippen molar-refractivity contribution in [1.29, 1.82) is 0 Å². The molecule has 0 aliphatic carbocycles. The lowest BCUT2D eigenvalue weighted by atomic mass is 9.97. The van der Waals surface area contributed by atoms with Crippen LogP contribution in [0.3, 0.4) is 0 Å².